The second-order valence-electron chi connectivity index (χ2n) is 10.1. The number of thiophene rings is 1. The van der Waals surface area contributed by atoms with Crippen LogP contribution in [0, 0.1) is 0 Å². The van der Waals surface area contributed by atoms with Crippen LogP contribution in [0.5, 0.6) is 23.1 Å². The molecular formula is C32H38N2O10S. The van der Waals surface area contributed by atoms with E-state index in [-0.39, 0.29) is 49.9 Å². The molecule has 0 saturated heterocycles. The number of benzene rings is 1. The van der Waals surface area contributed by atoms with E-state index in [1.54, 1.807) is 38.0 Å². The van der Waals surface area contributed by atoms with Gasteiger partial charge in [-0.1, -0.05) is 0 Å². The lowest BCUT2D eigenvalue weighted by molar-refractivity contribution is -0.145. The van der Waals surface area contributed by atoms with Crippen molar-refractivity contribution in [1.29, 1.82) is 0 Å². The summed E-state index contributed by atoms with van der Waals surface area (Å²) in [5, 5.41) is 0.745. The molecule has 1 aliphatic rings. The lowest BCUT2D eigenvalue weighted by Crippen LogP contribution is -2.25. The van der Waals surface area contributed by atoms with E-state index in [1.807, 2.05) is 12.1 Å². The number of esters is 2. The van der Waals surface area contributed by atoms with Gasteiger partial charge < -0.3 is 33.3 Å². The molecule has 242 valence electrons. The number of fused-ring (bicyclic) bond motifs is 2. The Kier molecular flexibility index (Phi) is 12.0. The molecule has 1 aromatic carbocycles. The number of aromatic nitrogens is 1. The van der Waals surface area contributed by atoms with Crippen molar-refractivity contribution >= 4 is 45.2 Å². The Bertz CT molecular complexity index is 1540. The van der Waals surface area contributed by atoms with Crippen molar-refractivity contribution in [2.45, 2.75) is 59.0 Å². The van der Waals surface area contributed by atoms with Crippen LogP contribution >= 0.6 is 11.3 Å². The molecule has 1 aliphatic heterocycles. The van der Waals surface area contributed by atoms with Gasteiger partial charge in [0.05, 0.1) is 58.4 Å². The zero-order chi connectivity index (χ0) is 32.3. The zero-order valence-corrected chi connectivity index (χ0v) is 26.8. The van der Waals surface area contributed by atoms with Gasteiger partial charge in [0.1, 0.15) is 4.83 Å². The third-order valence-corrected chi connectivity index (χ3v) is 8.08. The maximum atomic E-state index is 12.6. The second kappa shape index (κ2) is 16.1. The minimum absolute atomic E-state index is 0.0299. The number of carbonyl (C=O) groups is 4. The lowest BCUT2D eigenvalue weighted by atomic mass is 10.1. The van der Waals surface area contributed by atoms with Gasteiger partial charge in [0.25, 0.3) is 5.88 Å². The first-order valence-corrected chi connectivity index (χ1v) is 15.6. The fraction of sp³-hybridized carbons (Fsp3) is 0.469. The van der Waals surface area contributed by atoms with Gasteiger partial charge in [0, 0.05) is 37.7 Å². The van der Waals surface area contributed by atoms with Crippen LogP contribution in [0.1, 0.15) is 66.8 Å². The summed E-state index contributed by atoms with van der Waals surface area (Å²) in [5.74, 6) is 0.828. The molecule has 2 aromatic heterocycles. The Balaban J connectivity index is 1.30. The van der Waals surface area contributed by atoms with Crippen LogP contribution in [-0.2, 0) is 36.9 Å². The SMILES string of the molecule is CCOC(=O)CCC(=O)c1cc2cc(OC)c(OCCCOc3cc4c(cc3OC)CN(C(=O)CCC(=O)OCC)C4)nc2s1. The van der Waals surface area contributed by atoms with Gasteiger partial charge in [-0.05, 0) is 49.2 Å². The van der Waals surface area contributed by atoms with E-state index in [2.05, 4.69) is 4.98 Å². The third-order valence-electron chi connectivity index (χ3n) is 6.99. The van der Waals surface area contributed by atoms with Crippen molar-refractivity contribution in [3.05, 3.63) is 40.3 Å². The van der Waals surface area contributed by atoms with E-state index in [0.29, 0.717) is 72.2 Å². The highest BCUT2D eigenvalue weighted by Gasteiger charge is 2.26. The van der Waals surface area contributed by atoms with Crippen LogP contribution in [0.4, 0.5) is 0 Å². The summed E-state index contributed by atoms with van der Waals surface area (Å²) in [6, 6.07) is 7.27. The van der Waals surface area contributed by atoms with E-state index in [1.165, 1.54) is 18.4 Å². The standard InChI is InChI=1S/C32H38N2O10S/c1-5-41-29(37)10-8-23(35)27-17-20-14-26(40-4)31(33-32(20)45-27)44-13-7-12-43-25-16-22-19-34(18-21(22)15-24(25)39-3)28(36)9-11-30(38)42-6-2/h14-17H,5-13,18-19H2,1-4H3. The first kappa shape index (κ1) is 33.5. The normalized spacial score (nSPS) is 12.0. The number of amides is 1. The summed E-state index contributed by atoms with van der Waals surface area (Å²) in [6.07, 6.45) is 0.782. The van der Waals surface area contributed by atoms with Crippen molar-refractivity contribution in [2.24, 2.45) is 0 Å². The summed E-state index contributed by atoms with van der Waals surface area (Å²) >= 11 is 1.23. The van der Waals surface area contributed by atoms with Gasteiger partial charge in [-0.25, -0.2) is 0 Å². The second-order valence-corrected chi connectivity index (χ2v) is 11.1. The predicted octanol–water partition coefficient (Wildman–Crippen LogP) is 4.87. The largest absolute Gasteiger partial charge is 0.493 e. The average molecular weight is 643 g/mol. The van der Waals surface area contributed by atoms with E-state index in [9.17, 15) is 19.2 Å². The van der Waals surface area contributed by atoms with Crippen molar-refractivity contribution in [2.75, 3.05) is 40.6 Å². The third kappa shape index (κ3) is 8.84. The average Bonchev–Trinajstić information content (AvgIpc) is 3.65. The molecule has 0 spiro atoms. The number of methoxy groups -OCH3 is 2. The van der Waals surface area contributed by atoms with E-state index in [0.717, 1.165) is 16.5 Å². The molecule has 0 fully saturated rings. The Labute approximate surface area is 265 Å². The molecule has 0 saturated carbocycles. The molecule has 45 heavy (non-hydrogen) atoms. The van der Waals surface area contributed by atoms with Crippen molar-refractivity contribution < 1.29 is 47.6 Å². The summed E-state index contributed by atoms with van der Waals surface area (Å²) in [4.78, 5) is 55.9. The van der Waals surface area contributed by atoms with E-state index >= 15 is 0 Å². The van der Waals surface area contributed by atoms with Crippen LogP contribution in [-0.4, -0.2) is 74.2 Å². The number of pyridine rings is 1. The smallest absolute Gasteiger partial charge is 0.306 e. The molecule has 0 aliphatic carbocycles. The van der Waals surface area contributed by atoms with Gasteiger partial charge in [-0.2, -0.15) is 4.98 Å². The van der Waals surface area contributed by atoms with E-state index < -0.39 is 5.97 Å². The van der Waals surface area contributed by atoms with Crippen molar-refractivity contribution in [3.63, 3.8) is 0 Å². The molecule has 3 heterocycles. The number of carbonyl (C=O) groups excluding carboxylic acids is 4. The van der Waals surface area contributed by atoms with Crippen molar-refractivity contribution in [1.82, 2.24) is 9.88 Å². The number of ketones is 1. The summed E-state index contributed by atoms with van der Waals surface area (Å²) in [5.41, 5.74) is 1.93. The number of Topliss-reactive ketones (excluding diaryl/α,β-unsaturated/α-hetero) is 1. The zero-order valence-electron chi connectivity index (χ0n) is 26.0. The van der Waals surface area contributed by atoms with Crippen LogP contribution in [0.25, 0.3) is 10.2 Å². The number of nitrogens with zero attached hydrogens (tertiary/aromatic N) is 2. The topological polar surface area (TPSA) is 140 Å². The highest BCUT2D eigenvalue weighted by Crippen LogP contribution is 2.36. The molecule has 13 heteroatoms. The van der Waals surface area contributed by atoms with Gasteiger partial charge in [0.15, 0.2) is 23.0 Å². The van der Waals surface area contributed by atoms with Gasteiger partial charge >= 0.3 is 11.9 Å². The predicted molar refractivity (Wildman–Crippen MR) is 165 cm³/mol. The van der Waals surface area contributed by atoms with E-state index in [4.69, 9.17) is 28.4 Å². The molecule has 0 radical (unpaired) electrons. The first-order chi connectivity index (χ1) is 21.8. The van der Waals surface area contributed by atoms with Crippen LogP contribution in [0.2, 0.25) is 0 Å². The van der Waals surface area contributed by atoms with Crippen LogP contribution < -0.4 is 18.9 Å². The Morgan fingerprint density at radius 3 is 2.04 bits per heavy atom. The first-order valence-electron chi connectivity index (χ1n) is 14.8. The van der Waals surface area contributed by atoms with Crippen LogP contribution in [0.3, 0.4) is 0 Å². The monoisotopic (exact) mass is 642 g/mol. The highest BCUT2D eigenvalue weighted by molar-refractivity contribution is 7.20. The quantitative estimate of drug-likeness (QED) is 0.113. The molecule has 0 atom stereocenters. The molecule has 0 bridgehead atoms. The Morgan fingerprint density at radius 1 is 0.778 bits per heavy atom. The highest BCUT2D eigenvalue weighted by atomic mass is 32.1. The summed E-state index contributed by atoms with van der Waals surface area (Å²) in [7, 11) is 3.08. The maximum absolute atomic E-state index is 12.6. The molecule has 3 aromatic rings. The summed E-state index contributed by atoms with van der Waals surface area (Å²) < 4.78 is 32.7. The number of ether oxygens (including phenoxy) is 6. The molecular weight excluding hydrogens is 604 g/mol. The van der Waals surface area contributed by atoms with Gasteiger partial charge in [-0.3, -0.25) is 19.2 Å². The van der Waals surface area contributed by atoms with Gasteiger partial charge in [-0.15, -0.1) is 11.3 Å². The fourth-order valence-corrected chi connectivity index (χ4v) is 5.73. The molecule has 4 rings (SSSR count). The summed E-state index contributed by atoms with van der Waals surface area (Å²) in [6.45, 7) is 5.52. The molecule has 0 N–H and O–H groups in total. The number of hydrogen-bond acceptors (Lipinski definition) is 12. The molecule has 1 amide bonds. The van der Waals surface area contributed by atoms with Gasteiger partial charge in [0.2, 0.25) is 5.91 Å². The molecule has 12 nitrogen and oxygen atoms in total. The lowest BCUT2D eigenvalue weighted by Gasteiger charge is -2.14. The number of rotatable bonds is 17. The Hall–Kier alpha value is -4.39. The minimum Gasteiger partial charge on any atom is -0.493 e. The number of hydrogen-bond donors (Lipinski definition) is 0. The van der Waals surface area contributed by atoms with Crippen LogP contribution in [0.15, 0.2) is 24.3 Å². The minimum atomic E-state index is -0.399. The Morgan fingerprint density at radius 2 is 1.40 bits per heavy atom. The maximum Gasteiger partial charge on any atom is 0.306 e. The molecule has 0 unspecified atom stereocenters. The van der Waals surface area contributed by atoms with Crippen molar-refractivity contribution in [3.8, 4) is 23.1 Å². The fourth-order valence-electron chi connectivity index (χ4n) is 4.76.